The normalized spacial score (nSPS) is 15.7. The van der Waals surface area contributed by atoms with E-state index >= 15 is 0 Å². The van der Waals surface area contributed by atoms with Crippen LogP contribution in [0.4, 0.5) is 8.78 Å². The zero-order chi connectivity index (χ0) is 20.8. The molecule has 0 atom stereocenters. The summed E-state index contributed by atoms with van der Waals surface area (Å²) in [6.45, 7) is 3.70. The number of alkyl halides is 2. The zero-order valence-corrected chi connectivity index (χ0v) is 15.7. The number of fused-ring (bicyclic) bond motifs is 1. The summed E-state index contributed by atoms with van der Waals surface area (Å²) >= 11 is 0. The van der Waals surface area contributed by atoms with Crippen LogP contribution in [-0.2, 0) is 16.8 Å². The first-order valence-electron chi connectivity index (χ1n) is 8.95. The van der Waals surface area contributed by atoms with Crippen molar-refractivity contribution in [2.24, 2.45) is 0 Å². The van der Waals surface area contributed by atoms with Gasteiger partial charge in [0.25, 0.3) is 11.8 Å². The van der Waals surface area contributed by atoms with Crippen molar-refractivity contribution in [3.63, 3.8) is 0 Å². The van der Waals surface area contributed by atoms with E-state index in [-0.39, 0.29) is 24.2 Å². The van der Waals surface area contributed by atoms with Crippen LogP contribution in [0.3, 0.4) is 0 Å². The van der Waals surface area contributed by atoms with Crippen LogP contribution < -0.4 is 0 Å². The Bertz CT molecular complexity index is 1090. The molecule has 148 valence electrons. The Balaban J connectivity index is 1.59. The van der Waals surface area contributed by atoms with Crippen molar-refractivity contribution in [1.82, 2.24) is 15.1 Å². The van der Waals surface area contributed by atoms with Gasteiger partial charge in [-0.05, 0) is 43.2 Å². The highest BCUT2D eigenvalue weighted by atomic mass is 19.3. The average molecular weight is 397 g/mol. The maximum atomic E-state index is 13.0. The summed E-state index contributed by atoms with van der Waals surface area (Å²) in [6.07, 6.45) is -2.84. The zero-order valence-electron chi connectivity index (χ0n) is 15.7. The molecular formula is C21H17F2N3O3. The molecule has 0 N–H and O–H groups in total. The summed E-state index contributed by atoms with van der Waals surface area (Å²) in [6, 6.07) is 13.7. The van der Waals surface area contributed by atoms with Crippen molar-refractivity contribution in [2.45, 2.75) is 32.2 Å². The highest BCUT2D eigenvalue weighted by Gasteiger charge is 2.44. The Labute approximate surface area is 165 Å². The molecule has 6 nitrogen and oxygen atoms in total. The van der Waals surface area contributed by atoms with Crippen molar-refractivity contribution in [1.29, 1.82) is 0 Å². The molecule has 0 saturated carbocycles. The van der Waals surface area contributed by atoms with Gasteiger partial charge < -0.3 is 4.42 Å². The number of hydrogen-bond acceptors (Lipinski definition) is 5. The summed E-state index contributed by atoms with van der Waals surface area (Å²) in [5, 5.41) is 6.91. The van der Waals surface area contributed by atoms with E-state index in [9.17, 15) is 18.4 Å². The van der Waals surface area contributed by atoms with E-state index < -0.39 is 17.7 Å². The number of halogens is 2. The second-order valence-corrected chi connectivity index (χ2v) is 7.31. The summed E-state index contributed by atoms with van der Waals surface area (Å²) < 4.78 is 30.1. The fourth-order valence-corrected chi connectivity index (χ4v) is 3.42. The highest BCUT2D eigenvalue weighted by molar-refractivity contribution is 6.12. The van der Waals surface area contributed by atoms with Crippen LogP contribution in [0.25, 0.3) is 11.5 Å². The molecule has 1 aliphatic heterocycles. The molecule has 0 fully saturated rings. The third kappa shape index (κ3) is 3.20. The third-order valence-electron chi connectivity index (χ3n) is 5.02. The molecule has 1 aliphatic rings. The molecule has 0 aliphatic carbocycles. The molecule has 2 aromatic carbocycles. The maximum Gasteiger partial charge on any atom is 0.314 e. The SMILES string of the molecule is CC1(C)C(=O)N(Cc2ccc(-c3nnc(C(F)F)o3)cc2)C(=O)c2ccccc21. The monoisotopic (exact) mass is 397 g/mol. The Morgan fingerprint density at radius 3 is 2.38 bits per heavy atom. The number of benzene rings is 2. The van der Waals surface area contributed by atoms with Crippen molar-refractivity contribution in [3.05, 3.63) is 71.1 Å². The molecule has 0 saturated heterocycles. The molecular weight excluding hydrogens is 380 g/mol. The Kier molecular flexibility index (Phi) is 4.49. The Hall–Kier alpha value is -3.42. The van der Waals surface area contributed by atoms with Gasteiger partial charge in [-0.2, -0.15) is 8.78 Å². The van der Waals surface area contributed by atoms with E-state index in [1.807, 2.05) is 6.07 Å². The number of imide groups is 1. The maximum absolute atomic E-state index is 13.0. The van der Waals surface area contributed by atoms with Crippen LogP contribution in [0, 0.1) is 0 Å². The lowest BCUT2D eigenvalue weighted by molar-refractivity contribution is -0.134. The molecule has 3 aromatic rings. The lowest BCUT2D eigenvalue weighted by Gasteiger charge is -2.37. The van der Waals surface area contributed by atoms with Gasteiger partial charge in [-0.15, -0.1) is 10.2 Å². The number of hydrogen-bond donors (Lipinski definition) is 0. The average Bonchev–Trinajstić information content (AvgIpc) is 3.21. The van der Waals surface area contributed by atoms with Gasteiger partial charge in [0, 0.05) is 11.1 Å². The van der Waals surface area contributed by atoms with Crippen molar-refractivity contribution < 1.29 is 22.8 Å². The van der Waals surface area contributed by atoms with Gasteiger partial charge in [0.15, 0.2) is 0 Å². The number of aromatic nitrogens is 2. The van der Waals surface area contributed by atoms with Crippen LogP contribution in [0.5, 0.6) is 0 Å². The second kappa shape index (κ2) is 6.88. The molecule has 2 heterocycles. The predicted molar refractivity (Wildman–Crippen MR) is 99.0 cm³/mol. The molecule has 0 bridgehead atoms. The minimum atomic E-state index is -2.84. The first kappa shape index (κ1) is 18.9. The molecule has 1 aromatic heterocycles. The quantitative estimate of drug-likeness (QED) is 0.619. The van der Waals surface area contributed by atoms with E-state index in [4.69, 9.17) is 4.42 Å². The van der Waals surface area contributed by atoms with Crippen LogP contribution >= 0.6 is 0 Å². The number of rotatable bonds is 4. The number of carbonyl (C=O) groups is 2. The van der Waals surface area contributed by atoms with Gasteiger partial charge in [-0.3, -0.25) is 14.5 Å². The molecule has 2 amide bonds. The fourth-order valence-electron chi connectivity index (χ4n) is 3.42. The van der Waals surface area contributed by atoms with Crippen LogP contribution in [0.15, 0.2) is 52.9 Å². The van der Waals surface area contributed by atoms with Gasteiger partial charge in [-0.25, -0.2) is 0 Å². The van der Waals surface area contributed by atoms with Crippen molar-refractivity contribution in [2.75, 3.05) is 0 Å². The summed E-state index contributed by atoms with van der Waals surface area (Å²) in [5.74, 6) is -1.38. The van der Waals surface area contributed by atoms with E-state index in [1.165, 1.54) is 4.90 Å². The first-order chi connectivity index (χ1) is 13.8. The standard InChI is InChI=1S/C21H17F2N3O3/c1-21(2)15-6-4-3-5-14(15)19(27)26(20(21)28)11-12-7-9-13(10-8-12)17-24-25-18(29-17)16(22)23/h3-10,16H,11H2,1-2H3. The van der Waals surface area contributed by atoms with Crippen molar-refractivity contribution in [3.8, 4) is 11.5 Å². The van der Waals surface area contributed by atoms with E-state index in [2.05, 4.69) is 10.2 Å². The topological polar surface area (TPSA) is 76.3 Å². The van der Waals surface area contributed by atoms with Gasteiger partial charge in [0.05, 0.1) is 12.0 Å². The minimum absolute atomic E-state index is 0.0213. The molecule has 0 spiro atoms. The van der Waals surface area contributed by atoms with Crippen LogP contribution in [0.1, 0.15) is 47.6 Å². The number of nitrogens with zero attached hydrogens (tertiary/aromatic N) is 3. The lowest BCUT2D eigenvalue weighted by atomic mass is 9.77. The van der Waals surface area contributed by atoms with Gasteiger partial charge in [0.1, 0.15) is 0 Å². The van der Waals surface area contributed by atoms with Crippen LogP contribution in [0.2, 0.25) is 0 Å². The summed E-state index contributed by atoms with van der Waals surface area (Å²) in [5.41, 5.74) is 1.58. The third-order valence-corrected chi connectivity index (χ3v) is 5.02. The largest absolute Gasteiger partial charge is 0.415 e. The lowest BCUT2D eigenvalue weighted by Crippen LogP contribution is -2.51. The van der Waals surface area contributed by atoms with E-state index in [1.54, 1.807) is 56.3 Å². The highest BCUT2D eigenvalue weighted by Crippen LogP contribution is 2.35. The van der Waals surface area contributed by atoms with Crippen molar-refractivity contribution >= 4 is 11.8 Å². The summed E-state index contributed by atoms with van der Waals surface area (Å²) in [7, 11) is 0. The molecule has 4 rings (SSSR count). The molecule has 0 unspecified atom stereocenters. The fraction of sp³-hybridized carbons (Fsp3) is 0.238. The molecule has 29 heavy (non-hydrogen) atoms. The Morgan fingerprint density at radius 2 is 1.72 bits per heavy atom. The minimum Gasteiger partial charge on any atom is -0.415 e. The second-order valence-electron chi connectivity index (χ2n) is 7.31. The van der Waals surface area contributed by atoms with E-state index in [0.717, 1.165) is 0 Å². The van der Waals surface area contributed by atoms with Gasteiger partial charge >= 0.3 is 6.43 Å². The van der Waals surface area contributed by atoms with Crippen LogP contribution in [-0.4, -0.2) is 26.9 Å². The predicted octanol–water partition coefficient (Wildman–Crippen LogP) is 4.13. The Morgan fingerprint density at radius 1 is 1.03 bits per heavy atom. The molecule has 0 radical (unpaired) electrons. The van der Waals surface area contributed by atoms with Gasteiger partial charge in [-0.1, -0.05) is 30.3 Å². The smallest absolute Gasteiger partial charge is 0.314 e. The summed E-state index contributed by atoms with van der Waals surface area (Å²) in [4.78, 5) is 27.1. The number of amides is 2. The number of carbonyl (C=O) groups excluding carboxylic acids is 2. The van der Waals surface area contributed by atoms with E-state index in [0.29, 0.717) is 22.3 Å². The van der Waals surface area contributed by atoms with Gasteiger partial charge in [0.2, 0.25) is 11.8 Å². The first-order valence-corrected chi connectivity index (χ1v) is 8.95. The molecule has 8 heteroatoms.